The van der Waals surface area contributed by atoms with E-state index < -0.39 is 6.17 Å². The number of aromatic nitrogens is 2. The van der Waals surface area contributed by atoms with Crippen molar-refractivity contribution in [1.29, 1.82) is 0 Å². The highest BCUT2D eigenvalue weighted by Crippen LogP contribution is 2.29. The molecular formula is C13H15N5O. The highest BCUT2D eigenvalue weighted by atomic mass is 16.7. The zero-order chi connectivity index (χ0) is 14.1. The van der Waals surface area contributed by atoms with E-state index in [1.54, 1.807) is 6.33 Å². The number of aliphatic imine (C=N–C) groups is 1. The Kier molecular flexibility index (Phi) is 2.72. The highest BCUT2D eigenvalue weighted by Gasteiger charge is 2.25. The summed E-state index contributed by atoms with van der Waals surface area (Å²) in [5.41, 5.74) is 7.77. The van der Waals surface area contributed by atoms with Crippen LogP contribution in [0.4, 0.5) is 5.82 Å². The Morgan fingerprint density at radius 3 is 2.95 bits per heavy atom. The number of rotatable bonds is 3. The van der Waals surface area contributed by atoms with E-state index in [1.807, 2.05) is 34.9 Å². The van der Waals surface area contributed by atoms with Gasteiger partial charge >= 0.3 is 0 Å². The summed E-state index contributed by atoms with van der Waals surface area (Å²) in [4.78, 5) is 13.5. The first-order valence-electron chi connectivity index (χ1n) is 6.44. The summed E-state index contributed by atoms with van der Waals surface area (Å²) < 4.78 is 9.72. The van der Waals surface area contributed by atoms with Crippen LogP contribution in [0.15, 0.2) is 41.7 Å². The molecule has 0 spiro atoms. The van der Waals surface area contributed by atoms with Gasteiger partial charge in [0, 0.05) is 0 Å². The summed E-state index contributed by atoms with van der Waals surface area (Å²) in [6.45, 7) is 0.639. The Hall–Kier alpha value is -2.18. The molecule has 0 bridgehead atoms. The number of imidazole rings is 1. The van der Waals surface area contributed by atoms with Crippen molar-refractivity contribution >= 4 is 12.1 Å². The molecule has 1 aromatic carbocycles. The van der Waals surface area contributed by atoms with Crippen LogP contribution in [-0.2, 0) is 11.4 Å². The second kappa shape index (κ2) is 4.83. The van der Waals surface area contributed by atoms with Crippen molar-refractivity contribution in [2.24, 2.45) is 10.7 Å². The van der Waals surface area contributed by atoms with Gasteiger partial charge in [0.05, 0.1) is 20.0 Å². The van der Waals surface area contributed by atoms with Gasteiger partial charge in [0.25, 0.3) is 0 Å². The lowest BCUT2D eigenvalue weighted by molar-refractivity contribution is -0.0942. The minimum atomic E-state index is -0.614. The van der Waals surface area contributed by atoms with Crippen molar-refractivity contribution in [2.75, 3.05) is 7.11 Å². The maximum atomic E-state index is 7.84. The number of benzene rings is 1. The molecule has 2 N–H and O–H groups in total. The monoisotopic (exact) mass is 258 g/mol. The molecule has 19 heavy (non-hydrogen) atoms. The van der Waals surface area contributed by atoms with E-state index in [0.29, 0.717) is 18.1 Å². The van der Waals surface area contributed by atoms with Gasteiger partial charge in [-0.05, 0) is 5.56 Å². The average Bonchev–Trinajstić information content (AvgIpc) is 2.84. The molecule has 1 aromatic heterocycles. The molecule has 3 rings (SSSR count). The standard InChI is InChI=1S/C13H15N5O/c1-19-18-9-16-13-11(12(18)14)15-8-17(13)7-10-5-3-2-4-6-10/h2-6,8-9,12H,7,14H2,1H3/i9D. The van der Waals surface area contributed by atoms with Crippen LogP contribution in [0, 0.1) is 0 Å². The summed E-state index contributed by atoms with van der Waals surface area (Å²) in [5.74, 6) is 0.611. The summed E-state index contributed by atoms with van der Waals surface area (Å²) >= 11 is 0. The van der Waals surface area contributed by atoms with Gasteiger partial charge in [0.15, 0.2) is 12.0 Å². The summed E-state index contributed by atoms with van der Waals surface area (Å²) in [5, 5.41) is 1.22. The Labute approximate surface area is 112 Å². The molecule has 2 aromatic rings. The molecule has 1 aliphatic heterocycles. The molecule has 1 atom stereocenters. The van der Waals surface area contributed by atoms with Crippen LogP contribution in [0.5, 0.6) is 0 Å². The Balaban J connectivity index is 1.96. The number of nitrogens with two attached hydrogens (primary N) is 1. The van der Waals surface area contributed by atoms with Crippen molar-refractivity contribution in [1.82, 2.24) is 14.6 Å². The molecule has 0 amide bonds. The largest absolute Gasteiger partial charge is 0.311 e. The van der Waals surface area contributed by atoms with E-state index in [1.165, 1.54) is 12.2 Å². The third-order valence-corrected chi connectivity index (χ3v) is 3.02. The maximum absolute atomic E-state index is 7.84. The molecule has 1 aliphatic rings. The van der Waals surface area contributed by atoms with E-state index in [0.717, 1.165) is 5.56 Å². The van der Waals surface area contributed by atoms with E-state index in [9.17, 15) is 0 Å². The molecule has 2 heterocycles. The first-order chi connectivity index (χ1) is 9.70. The van der Waals surface area contributed by atoms with Crippen LogP contribution >= 0.6 is 0 Å². The van der Waals surface area contributed by atoms with Gasteiger partial charge < -0.3 is 10.3 Å². The van der Waals surface area contributed by atoms with Crippen LogP contribution in [0.3, 0.4) is 0 Å². The van der Waals surface area contributed by atoms with Gasteiger partial charge in [-0.1, -0.05) is 30.3 Å². The van der Waals surface area contributed by atoms with Gasteiger partial charge in [-0.25, -0.2) is 15.0 Å². The molecule has 6 nitrogen and oxygen atoms in total. The zero-order valence-electron chi connectivity index (χ0n) is 11.5. The quantitative estimate of drug-likeness (QED) is 0.904. The van der Waals surface area contributed by atoms with Crippen molar-refractivity contribution in [3.8, 4) is 0 Å². The van der Waals surface area contributed by atoms with Crippen LogP contribution in [0.1, 0.15) is 18.8 Å². The van der Waals surface area contributed by atoms with Crippen molar-refractivity contribution in [2.45, 2.75) is 12.7 Å². The molecule has 6 heteroatoms. The molecule has 98 valence electrons. The fourth-order valence-electron chi connectivity index (χ4n) is 2.04. The van der Waals surface area contributed by atoms with Crippen LogP contribution in [0.2, 0.25) is 0 Å². The van der Waals surface area contributed by atoms with Crippen LogP contribution < -0.4 is 5.73 Å². The average molecular weight is 258 g/mol. The lowest BCUT2D eigenvalue weighted by Crippen LogP contribution is -2.34. The summed E-state index contributed by atoms with van der Waals surface area (Å²) in [7, 11) is 1.45. The fraction of sp³-hybridized carbons (Fsp3) is 0.231. The fourth-order valence-corrected chi connectivity index (χ4v) is 2.04. The minimum absolute atomic E-state index is 0.0256. The van der Waals surface area contributed by atoms with Crippen molar-refractivity contribution < 1.29 is 6.21 Å². The summed E-state index contributed by atoms with van der Waals surface area (Å²) in [6.07, 6.45) is 1.05. The maximum Gasteiger partial charge on any atom is 0.161 e. The van der Waals surface area contributed by atoms with Crippen molar-refractivity contribution in [3.63, 3.8) is 0 Å². The first-order valence-corrected chi connectivity index (χ1v) is 5.94. The van der Waals surface area contributed by atoms with E-state index in [2.05, 4.69) is 9.98 Å². The minimum Gasteiger partial charge on any atom is -0.311 e. The second-order valence-electron chi connectivity index (χ2n) is 4.23. The Morgan fingerprint density at radius 2 is 2.21 bits per heavy atom. The van der Waals surface area contributed by atoms with Gasteiger partial charge in [-0.15, -0.1) is 0 Å². The summed E-state index contributed by atoms with van der Waals surface area (Å²) in [6, 6.07) is 10.00. The van der Waals surface area contributed by atoms with Gasteiger partial charge in [-0.2, -0.15) is 0 Å². The van der Waals surface area contributed by atoms with Gasteiger partial charge in [0.2, 0.25) is 0 Å². The molecular weight excluding hydrogens is 242 g/mol. The first kappa shape index (κ1) is 10.7. The molecule has 0 radical (unpaired) electrons. The van der Waals surface area contributed by atoms with Crippen molar-refractivity contribution in [3.05, 3.63) is 47.9 Å². The second-order valence-corrected chi connectivity index (χ2v) is 4.23. The lowest BCUT2D eigenvalue weighted by atomic mass is 10.2. The third kappa shape index (κ3) is 2.11. The number of fused-ring (bicyclic) bond motifs is 1. The molecule has 0 fully saturated rings. The number of nitrogens with zero attached hydrogens (tertiary/aromatic N) is 4. The molecule has 0 saturated carbocycles. The highest BCUT2D eigenvalue weighted by molar-refractivity contribution is 5.64. The predicted molar refractivity (Wildman–Crippen MR) is 71.7 cm³/mol. The topological polar surface area (TPSA) is 68.7 Å². The Bertz CT molecular complexity index is 639. The lowest BCUT2D eigenvalue weighted by Gasteiger charge is -2.26. The van der Waals surface area contributed by atoms with E-state index in [4.69, 9.17) is 11.9 Å². The van der Waals surface area contributed by atoms with Crippen LogP contribution in [-0.4, -0.2) is 28.0 Å². The number of hydrogen-bond donors (Lipinski definition) is 1. The van der Waals surface area contributed by atoms with E-state index >= 15 is 0 Å². The predicted octanol–water partition coefficient (Wildman–Crippen LogP) is 1.43. The zero-order valence-corrected chi connectivity index (χ0v) is 10.5. The van der Waals surface area contributed by atoms with Crippen LogP contribution in [0.25, 0.3) is 0 Å². The van der Waals surface area contributed by atoms with Gasteiger partial charge in [-0.3, -0.25) is 4.84 Å². The normalized spacial score (nSPS) is 18.8. The molecule has 0 aliphatic carbocycles. The smallest absolute Gasteiger partial charge is 0.161 e. The Morgan fingerprint density at radius 1 is 1.42 bits per heavy atom. The number of amidine groups is 1. The number of hydroxylamine groups is 2. The molecule has 0 saturated heterocycles. The van der Waals surface area contributed by atoms with E-state index in [-0.39, 0.29) is 6.31 Å². The number of hydrogen-bond acceptors (Lipinski definition) is 5. The SMILES string of the molecule is [2H]C1=Nc2c(ncn2Cc2ccccc2)C(N)N1OC. The third-order valence-electron chi connectivity index (χ3n) is 3.02. The molecule has 1 unspecified atom stereocenters. The van der Waals surface area contributed by atoms with Gasteiger partial charge in [0.1, 0.15) is 13.4 Å².